The van der Waals surface area contributed by atoms with Gasteiger partial charge in [-0.15, -0.1) is 11.8 Å². The molecule has 29 heavy (non-hydrogen) atoms. The zero-order valence-corrected chi connectivity index (χ0v) is 18.7. The van der Waals surface area contributed by atoms with Crippen LogP contribution in [0.2, 0.25) is 0 Å². The van der Waals surface area contributed by atoms with E-state index in [-0.39, 0.29) is 6.61 Å². The standard InChI is InChI=1S/C22H22BrNO4S/c1-3-4-16-11-18(9-10-20(16)27-12-21(25)26)29-13-19-14(2)28-22(24-19)15-5-7-17(23)8-6-15/h5-11H,3-4,12-13H2,1-2H3,(H,25,26). The predicted octanol–water partition coefficient (Wildman–Crippen LogP) is 6.12. The highest BCUT2D eigenvalue weighted by Gasteiger charge is 2.13. The van der Waals surface area contributed by atoms with Crippen molar-refractivity contribution in [2.75, 3.05) is 6.61 Å². The van der Waals surface area contributed by atoms with Crippen molar-refractivity contribution < 1.29 is 19.1 Å². The molecule has 7 heteroatoms. The van der Waals surface area contributed by atoms with Crippen LogP contribution in [0.15, 0.2) is 56.2 Å². The number of carboxylic acids is 1. The van der Waals surface area contributed by atoms with E-state index < -0.39 is 5.97 Å². The number of halogens is 1. The first-order valence-electron chi connectivity index (χ1n) is 9.28. The second-order valence-corrected chi connectivity index (χ2v) is 8.48. The summed E-state index contributed by atoms with van der Waals surface area (Å²) in [6.45, 7) is 3.68. The number of thioether (sulfide) groups is 1. The fourth-order valence-corrected chi connectivity index (χ4v) is 4.05. The maximum Gasteiger partial charge on any atom is 0.341 e. The van der Waals surface area contributed by atoms with Crippen LogP contribution in [0.25, 0.3) is 11.5 Å². The lowest BCUT2D eigenvalue weighted by Crippen LogP contribution is -2.10. The highest BCUT2D eigenvalue weighted by atomic mass is 79.9. The van der Waals surface area contributed by atoms with Gasteiger partial charge in [-0.05, 0) is 61.4 Å². The molecular weight excluding hydrogens is 454 g/mol. The fourth-order valence-electron chi connectivity index (χ4n) is 2.82. The van der Waals surface area contributed by atoms with E-state index in [4.69, 9.17) is 14.3 Å². The minimum atomic E-state index is -0.978. The van der Waals surface area contributed by atoms with Gasteiger partial charge in [0.05, 0.1) is 5.69 Å². The lowest BCUT2D eigenvalue weighted by molar-refractivity contribution is -0.139. The predicted molar refractivity (Wildman–Crippen MR) is 118 cm³/mol. The maximum absolute atomic E-state index is 10.8. The first-order chi connectivity index (χ1) is 14.0. The summed E-state index contributed by atoms with van der Waals surface area (Å²) in [5.74, 6) is 1.77. The van der Waals surface area contributed by atoms with Crippen LogP contribution in [0.3, 0.4) is 0 Å². The minimum absolute atomic E-state index is 0.333. The lowest BCUT2D eigenvalue weighted by Gasteiger charge is -2.11. The van der Waals surface area contributed by atoms with Gasteiger partial charge in [0.15, 0.2) is 6.61 Å². The number of hydrogen-bond acceptors (Lipinski definition) is 5. The molecule has 1 N–H and O–H groups in total. The van der Waals surface area contributed by atoms with E-state index in [9.17, 15) is 4.79 Å². The normalized spacial score (nSPS) is 10.9. The van der Waals surface area contributed by atoms with Crippen molar-refractivity contribution in [3.63, 3.8) is 0 Å². The highest BCUT2D eigenvalue weighted by molar-refractivity contribution is 9.10. The summed E-state index contributed by atoms with van der Waals surface area (Å²) in [7, 11) is 0. The smallest absolute Gasteiger partial charge is 0.341 e. The monoisotopic (exact) mass is 475 g/mol. The van der Waals surface area contributed by atoms with Crippen molar-refractivity contribution in [2.24, 2.45) is 0 Å². The Hall–Kier alpha value is -2.25. The van der Waals surface area contributed by atoms with Gasteiger partial charge in [0.2, 0.25) is 5.89 Å². The van der Waals surface area contributed by atoms with Crippen molar-refractivity contribution in [3.8, 4) is 17.2 Å². The molecule has 5 nitrogen and oxygen atoms in total. The number of aromatic nitrogens is 1. The van der Waals surface area contributed by atoms with Gasteiger partial charge < -0.3 is 14.3 Å². The van der Waals surface area contributed by atoms with Gasteiger partial charge >= 0.3 is 5.97 Å². The van der Waals surface area contributed by atoms with Crippen molar-refractivity contribution in [1.82, 2.24) is 4.98 Å². The summed E-state index contributed by atoms with van der Waals surface area (Å²) < 4.78 is 12.3. The minimum Gasteiger partial charge on any atom is -0.482 e. The molecule has 0 aliphatic rings. The first kappa shape index (κ1) is 21.5. The number of aryl methyl sites for hydroxylation is 2. The Labute approximate surface area is 182 Å². The van der Waals surface area contributed by atoms with Gasteiger partial charge in [-0.3, -0.25) is 0 Å². The number of carboxylic acid groups (broad SMARTS) is 1. The molecule has 0 spiro atoms. The van der Waals surface area contributed by atoms with Gasteiger partial charge in [0.25, 0.3) is 0 Å². The third kappa shape index (κ3) is 5.87. The number of carbonyl (C=O) groups is 1. The zero-order valence-electron chi connectivity index (χ0n) is 16.3. The van der Waals surface area contributed by atoms with Crippen LogP contribution in [-0.2, 0) is 17.0 Å². The summed E-state index contributed by atoms with van der Waals surface area (Å²) in [6, 6.07) is 13.7. The Kier molecular flexibility index (Phi) is 7.39. The van der Waals surface area contributed by atoms with E-state index in [0.717, 1.165) is 44.8 Å². The van der Waals surface area contributed by atoms with Gasteiger partial charge in [-0.2, -0.15) is 0 Å². The summed E-state index contributed by atoms with van der Waals surface area (Å²) in [5, 5.41) is 8.84. The van der Waals surface area contributed by atoms with Crippen molar-refractivity contribution >= 4 is 33.7 Å². The van der Waals surface area contributed by atoms with E-state index in [1.807, 2.05) is 43.3 Å². The molecule has 1 aromatic heterocycles. The molecule has 152 valence electrons. The van der Waals surface area contributed by atoms with Crippen LogP contribution in [-0.4, -0.2) is 22.7 Å². The van der Waals surface area contributed by atoms with Crippen LogP contribution >= 0.6 is 27.7 Å². The molecule has 0 saturated heterocycles. The Morgan fingerprint density at radius 2 is 2.00 bits per heavy atom. The Balaban J connectivity index is 1.71. The van der Waals surface area contributed by atoms with Crippen LogP contribution in [0, 0.1) is 6.92 Å². The quantitative estimate of drug-likeness (QED) is 0.375. The third-order valence-electron chi connectivity index (χ3n) is 4.26. The van der Waals surface area contributed by atoms with Crippen LogP contribution < -0.4 is 4.74 Å². The van der Waals surface area contributed by atoms with Gasteiger partial charge in [-0.25, -0.2) is 9.78 Å². The number of nitrogens with zero attached hydrogens (tertiary/aromatic N) is 1. The van der Waals surface area contributed by atoms with E-state index in [0.29, 0.717) is 17.4 Å². The second-order valence-electron chi connectivity index (χ2n) is 6.52. The Morgan fingerprint density at radius 1 is 1.24 bits per heavy atom. The molecular formula is C22H22BrNO4S. The Morgan fingerprint density at radius 3 is 2.69 bits per heavy atom. The summed E-state index contributed by atoms with van der Waals surface area (Å²) in [5.41, 5.74) is 2.88. The fraction of sp³-hybridized carbons (Fsp3) is 0.273. The molecule has 0 unspecified atom stereocenters. The summed E-state index contributed by atoms with van der Waals surface area (Å²) >= 11 is 5.10. The average Bonchev–Trinajstić information content (AvgIpc) is 3.07. The molecule has 3 rings (SSSR count). The van der Waals surface area contributed by atoms with Crippen molar-refractivity contribution in [1.29, 1.82) is 0 Å². The molecule has 3 aromatic rings. The van der Waals surface area contributed by atoms with E-state index in [1.54, 1.807) is 11.8 Å². The lowest BCUT2D eigenvalue weighted by atomic mass is 10.1. The van der Waals surface area contributed by atoms with Crippen LogP contribution in [0.5, 0.6) is 5.75 Å². The van der Waals surface area contributed by atoms with E-state index in [2.05, 4.69) is 33.9 Å². The number of aliphatic carboxylic acids is 1. The topological polar surface area (TPSA) is 72.6 Å². The number of oxazole rings is 1. The third-order valence-corrected chi connectivity index (χ3v) is 5.80. The van der Waals surface area contributed by atoms with Gasteiger partial charge in [-0.1, -0.05) is 29.3 Å². The van der Waals surface area contributed by atoms with Gasteiger partial charge in [0, 0.05) is 20.7 Å². The first-order valence-corrected chi connectivity index (χ1v) is 11.1. The average molecular weight is 476 g/mol. The molecule has 0 atom stereocenters. The molecule has 0 bridgehead atoms. The molecule has 2 aromatic carbocycles. The number of benzene rings is 2. The van der Waals surface area contributed by atoms with Crippen molar-refractivity contribution in [2.45, 2.75) is 37.3 Å². The molecule has 0 aliphatic heterocycles. The molecule has 0 amide bonds. The highest BCUT2D eigenvalue weighted by Crippen LogP contribution is 2.31. The van der Waals surface area contributed by atoms with Crippen LogP contribution in [0.1, 0.15) is 30.4 Å². The number of hydrogen-bond donors (Lipinski definition) is 1. The SMILES string of the molecule is CCCc1cc(SCc2nc(-c3ccc(Br)cc3)oc2C)ccc1OCC(=O)O. The molecule has 0 radical (unpaired) electrons. The second kappa shape index (κ2) is 9.98. The maximum atomic E-state index is 10.8. The van der Waals surface area contributed by atoms with Crippen molar-refractivity contribution in [3.05, 3.63) is 64.0 Å². The number of ether oxygens (including phenoxy) is 1. The van der Waals surface area contributed by atoms with E-state index in [1.165, 1.54) is 0 Å². The molecule has 1 heterocycles. The largest absolute Gasteiger partial charge is 0.482 e. The molecule has 0 saturated carbocycles. The van der Waals surface area contributed by atoms with E-state index >= 15 is 0 Å². The van der Waals surface area contributed by atoms with Crippen LogP contribution in [0.4, 0.5) is 0 Å². The zero-order chi connectivity index (χ0) is 20.8. The molecule has 0 fully saturated rings. The van der Waals surface area contributed by atoms with Gasteiger partial charge in [0.1, 0.15) is 11.5 Å². The summed E-state index contributed by atoms with van der Waals surface area (Å²) in [6.07, 6.45) is 1.79. The summed E-state index contributed by atoms with van der Waals surface area (Å²) in [4.78, 5) is 16.5. The Bertz CT molecular complexity index is 985. The molecule has 0 aliphatic carbocycles. The number of rotatable bonds is 9.